The Labute approximate surface area is 138 Å². The summed E-state index contributed by atoms with van der Waals surface area (Å²) in [5, 5.41) is 17.7. The number of aliphatic hydroxyl groups excluding tert-OH is 1. The normalized spacial score (nSPS) is 21.0. The molecule has 0 atom stereocenters. The monoisotopic (exact) mass is 325 g/mol. The van der Waals surface area contributed by atoms with E-state index in [-0.39, 0.29) is 11.7 Å². The third kappa shape index (κ3) is 2.90. The van der Waals surface area contributed by atoms with Crippen LogP contribution in [0.1, 0.15) is 25.7 Å². The Hall–Kier alpha value is -2.67. The summed E-state index contributed by atoms with van der Waals surface area (Å²) in [6, 6.07) is 7.42. The molecule has 3 heterocycles. The van der Waals surface area contributed by atoms with Crippen LogP contribution in [0.3, 0.4) is 0 Å². The van der Waals surface area contributed by atoms with Gasteiger partial charge >= 0.3 is 0 Å². The molecule has 1 saturated carbocycles. The molecule has 0 saturated heterocycles. The van der Waals surface area contributed by atoms with Gasteiger partial charge in [-0.1, -0.05) is 0 Å². The van der Waals surface area contributed by atoms with E-state index in [1.807, 2.05) is 12.1 Å². The third-order valence-corrected chi connectivity index (χ3v) is 4.49. The number of anilines is 1. The molecule has 3 aromatic rings. The van der Waals surface area contributed by atoms with E-state index in [0.717, 1.165) is 48.4 Å². The van der Waals surface area contributed by atoms with Crippen LogP contribution in [-0.2, 0) is 0 Å². The van der Waals surface area contributed by atoms with Crippen LogP contribution in [0.5, 0.6) is 0 Å². The van der Waals surface area contributed by atoms with Gasteiger partial charge in [-0.15, -0.1) is 5.10 Å². The Balaban J connectivity index is 1.63. The predicted octanol–water partition coefficient (Wildman–Crippen LogP) is 1.80. The van der Waals surface area contributed by atoms with Crippen molar-refractivity contribution in [2.45, 2.75) is 37.8 Å². The van der Waals surface area contributed by atoms with Crippen molar-refractivity contribution < 1.29 is 5.11 Å². The molecule has 0 unspecified atom stereocenters. The Morgan fingerprint density at radius 2 is 2.00 bits per heavy atom. The van der Waals surface area contributed by atoms with Crippen LogP contribution in [-0.4, -0.2) is 36.8 Å². The Bertz CT molecular complexity index is 888. The molecule has 1 aliphatic rings. The van der Waals surface area contributed by atoms with Gasteiger partial charge in [-0.25, -0.2) is 9.50 Å². The standard InChI is InChI=1S/C17H19N5O2/c23-13-4-2-12(3-5-13)20-15-6-7-16-18-10-14(22(16)21-15)11-1-8-17(24)19-9-11/h1,6-10,12-13,23H,2-5H2,(H,19,24)(H,20,21)/t12-,13-. The number of aromatic amines is 1. The van der Waals surface area contributed by atoms with Gasteiger partial charge in [0.1, 0.15) is 5.82 Å². The van der Waals surface area contributed by atoms with Crippen molar-refractivity contribution in [1.82, 2.24) is 19.6 Å². The average molecular weight is 325 g/mol. The molecule has 0 bridgehead atoms. The molecule has 3 N–H and O–H groups in total. The number of aromatic nitrogens is 4. The molecule has 7 heteroatoms. The number of hydrogen-bond acceptors (Lipinski definition) is 5. The second-order valence-electron chi connectivity index (χ2n) is 6.22. The highest BCUT2D eigenvalue weighted by Gasteiger charge is 2.19. The van der Waals surface area contributed by atoms with Gasteiger partial charge in [0, 0.05) is 23.9 Å². The van der Waals surface area contributed by atoms with Crippen molar-refractivity contribution in [1.29, 1.82) is 0 Å². The first-order chi connectivity index (χ1) is 11.7. The van der Waals surface area contributed by atoms with E-state index in [4.69, 9.17) is 0 Å². The van der Waals surface area contributed by atoms with E-state index >= 15 is 0 Å². The molecule has 0 aliphatic heterocycles. The lowest BCUT2D eigenvalue weighted by atomic mass is 9.93. The largest absolute Gasteiger partial charge is 0.393 e. The molecule has 4 rings (SSSR count). The SMILES string of the molecule is O=c1ccc(-c2cnc3ccc(N[C@H]4CC[C@H](O)CC4)nn23)c[nH]1. The van der Waals surface area contributed by atoms with E-state index in [2.05, 4.69) is 20.4 Å². The number of pyridine rings is 1. The maximum absolute atomic E-state index is 11.2. The van der Waals surface area contributed by atoms with Gasteiger partial charge in [0.05, 0.1) is 18.0 Å². The van der Waals surface area contributed by atoms with Gasteiger partial charge in [0.15, 0.2) is 5.65 Å². The number of H-pyrrole nitrogens is 1. The van der Waals surface area contributed by atoms with Crippen molar-refractivity contribution >= 4 is 11.5 Å². The van der Waals surface area contributed by atoms with E-state index in [0.29, 0.717) is 6.04 Å². The zero-order valence-electron chi connectivity index (χ0n) is 13.1. The highest BCUT2D eigenvalue weighted by atomic mass is 16.3. The molecule has 124 valence electrons. The fourth-order valence-electron chi connectivity index (χ4n) is 3.15. The second-order valence-corrected chi connectivity index (χ2v) is 6.22. The Morgan fingerprint density at radius 1 is 1.17 bits per heavy atom. The predicted molar refractivity (Wildman–Crippen MR) is 90.9 cm³/mol. The lowest BCUT2D eigenvalue weighted by Crippen LogP contribution is -2.28. The van der Waals surface area contributed by atoms with Gasteiger partial charge in [0.25, 0.3) is 0 Å². The highest BCUT2D eigenvalue weighted by molar-refractivity contribution is 5.62. The molecule has 0 amide bonds. The van der Waals surface area contributed by atoms with Gasteiger partial charge < -0.3 is 15.4 Å². The van der Waals surface area contributed by atoms with Crippen LogP contribution in [0, 0.1) is 0 Å². The summed E-state index contributed by atoms with van der Waals surface area (Å²) >= 11 is 0. The molecule has 0 aromatic carbocycles. The first-order valence-electron chi connectivity index (χ1n) is 8.17. The van der Waals surface area contributed by atoms with Crippen molar-refractivity contribution in [2.24, 2.45) is 0 Å². The number of aliphatic hydroxyl groups is 1. The summed E-state index contributed by atoms with van der Waals surface area (Å²) in [4.78, 5) is 18.3. The lowest BCUT2D eigenvalue weighted by molar-refractivity contribution is 0.126. The van der Waals surface area contributed by atoms with Crippen LogP contribution in [0.2, 0.25) is 0 Å². The number of nitrogens with one attached hydrogen (secondary N) is 2. The maximum atomic E-state index is 11.2. The molecule has 1 fully saturated rings. The number of rotatable bonds is 3. The molecule has 7 nitrogen and oxygen atoms in total. The van der Waals surface area contributed by atoms with Crippen LogP contribution in [0.4, 0.5) is 5.82 Å². The summed E-state index contributed by atoms with van der Waals surface area (Å²) < 4.78 is 1.77. The highest BCUT2D eigenvalue weighted by Crippen LogP contribution is 2.23. The minimum Gasteiger partial charge on any atom is -0.393 e. The minimum atomic E-state index is -0.168. The van der Waals surface area contributed by atoms with Crippen molar-refractivity contribution in [2.75, 3.05) is 5.32 Å². The topological polar surface area (TPSA) is 95.3 Å². The van der Waals surface area contributed by atoms with Crippen molar-refractivity contribution in [3.05, 3.63) is 47.0 Å². The molecule has 24 heavy (non-hydrogen) atoms. The van der Waals surface area contributed by atoms with Crippen molar-refractivity contribution in [3.8, 4) is 11.3 Å². The average Bonchev–Trinajstić information content (AvgIpc) is 3.01. The van der Waals surface area contributed by atoms with Gasteiger partial charge in [-0.3, -0.25) is 4.79 Å². The zero-order chi connectivity index (χ0) is 16.5. The van der Waals surface area contributed by atoms with E-state index in [1.165, 1.54) is 6.07 Å². The minimum absolute atomic E-state index is 0.137. The van der Waals surface area contributed by atoms with Crippen LogP contribution < -0.4 is 10.9 Å². The summed E-state index contributed by atoms with van der Waals surface area (Å²) in [6.07, 6.45) is 6.78. The van der Waals surface area contributed by atoms with Crippen molar-refractivity contribution in [3.63, 3.8) is 0 Å². The van der Waals surface area contributed by atoms with E-state index < -0.39 is 0 Å². The first kappa shape index (κ1) is 14.9. The van der Waals surface area contributed by atoms with Gasteiger partial charge in [-0.05, 0) is 43.9 Å². The fraction of sp³-hybridized carbons (Fsp3) is 0.353. The molecule has 0 radical (unpaired) electrons. The first-order valence-corrected chi connectivity index (χ1v) is 8.17. The molecule has 0 spiro atoms. The summed E-state index contributed by atoms with van der Waals surface area (Å²) in [5.74, 6) is 0.785. The summed E-state index contributed by atoms with van der Waals surface area (Å²) in [7, 11) is 0. The summed E-state index contributed by atoms with van der Waals surface area (Å²) in [5.41, 5.74) is 2.29. The Morgan fingerprint density at radius 3 is 2.75 bits per heavy atom. The Kier molecular flexibility index (Phi) is 3.78. The van der Waals surface area contributed by atoms with Crippen LogP contribution in [0.15, 0.2) is 41.5 Å². The van der Waals surface area contributed by atoms with Crippen LogP contribution in [0.25, 0.3) is 16.9 Å². The van der Waals surface area contributed by atoms with E-state index in [9.17, 15) is 9.90 Å². The fourth-order valence-corrected chi connectivity index (χ4v) is 3.15. The quantitative estimate of drug-likeness (QED) is 0.682. The molecular formula is C17H19N5O2. The van der Waals surface area contributed by atoms with Gasteiger partial charge in [0.2, 0.25) is 5.56 Å². The summed E-state index contributed by atoms with van der Waals surface area (Å²) in [6.45, 7) is 0. The van der Waals surface area contributed by atoms with Crippen LogP contribution >= 0.6 is 0 Å². The number of nitrogens with zero attached hydrogens (tertiary/aromatic N) is 3. The molecule has 1 aliphatic carbocycles. The smallest absolute Gasteiger partial charge is 0.247 e. The zero-order valence-corrected chi connectivity index (χ0v) is 13.1. The molecule has 3 aromatic heterocycles. The number of fused-ring (bicyclic) bond motifs is 1. The number of hydrogen-bond donors (Lipinski definition) is 3. The third-order valence-electron chi connectivity index (χ3n) is 4.49. The van der Waals surface area contributed by atoms with Gasteiger partial charge in [-0.2, -0.15) is 0 Å². The number of imidazole rings is 1. The maximum Gasteiger partial charge on any atom is 0.247 e. The second kappa shape index (κ2) is 6.09. The van der Waals surface area contributed by atoms with E-state index in [1.54, 1.807) is 23.0 Å². The molecular weight excluding hydrogens is 306 g/mol. The lowest BCUT2D eigenvalue weighted by Gasteiger charge is -2.26.